The molecule has 1 aliphatic rings. The van der Waals surface area contributed by atoms with Crippen molar-refractivity contribution >= 4 is 0 Å². The summed E-state index contributed by atoms with van der Waals surface area (Å²) in [6.45, 7) is 0.178. The third kappa shape index (κ3) is 3.44. The number of hydrogen-bond acceptors (Lipinski definition) is 3. The lowest BCUT2D eigenvalue weighted by molar-refractivity contribution is 0.441. The second-order valence-corrected chi connectivity index (χ2v) is 6.43. The van der Waals surface area contributed by atoms with Gasteiger partial charge in [0.1, 0.15) is 5.75 Å². The van der Waals surface area contributed by atoms with Crippen LogP contribution >= 0.6 is 0 Å². The first-order valence-electron chi connectivity index (χ1n) is 8.45. The van der Waals surface area contributed by atoms with Gasteiger partial charge in [-0.3, -0.25) is 14.3 Å². The third-order valence-electron chi connectivity index (χ3n) is 4.38. The predicted molar refractivity (Wildman–Crippen MR) is 95.3 cm³/mol. The first-order valence-corrected chi connectivity index (χ1v) is 8.45. The highest BCUT2D eigenvalue weighted by molar-refractivity contribution is 5.34. The van der Waals surface area contributed by atoms with Crippen molar-refractivity contribution in [2.75, 3.05) is 0 Å². The number of benzene rings is 2. The Bertz CT molecular complexity index is 1050. The molecule has 1 aliphatic carbocycles. The molecule has 0 aliphatic heterocycles. The Morgan fingerprint density at radius 3 is 2.58 bits per heavy atom. The standard InChI is InChI=1S/C20H17FN2O3/c21-17-10-13(6-9-18(17)26-15-4-2-1-3-5-15)11-23-12-16(14-7-8-14)19(24)22-20(23)25/h1-6,9-10,12,14H,7-8,11H2,(H,22,24,25). The summed E-state index contributed by atoms with van der Waals surface area (Å²) in [7, 11) is 0. The molecule has 2 aromatic carbocycles. The van der Waals surface area contributed by atoms with E-state index in [9.17, 15) is 14.0 Å². The zero-order valence-corrected chi connectivity index (χ0v) is 13.9. The molecule has 6 heteroatoms. The Hall–Kier alpha value is -3.15. The van der Waals surface area contributed by atoms with Crippen molar-refractivity contribution in [3.8, 4) is 11.5 Å². The van der Waals surface area contributed by atoms with Gasteiger partial charge in [0.15, 0.2) is 11.6 Å². The molecule has 0 unspecified atom stereocenters. The summed E-state index contributed by atoms with van der Waals surface area (Å²) in [5, 5.41) is 0. The number of ether oxygens (including phenoxy) is 1. The summed E-state index contributed by atoms with van der Waals surface area (Å²) in [6, 6.07) is 13.5. The van der Waals surface area contributed by atoms with Crippen LogP contribution in [-0.4, -0.2) is 9.55 Å². The number of aromatic nitrogens is 2. The summed E-state index contributed by atoms with van der Waals surface area (Å²) < 4.78 is 21.3. The molecule has 132 valence electrons. The number of H-pyrrole nitrogens is 1. The highest BCUT2D eigenvalue weighted by atomic mass is 19.1. The van der Waals surface area contributed by atoms with Gasteiger partial charge in [-0.2, -0.15) is 0 Å². The van der Waals surface area contributed by atoms with Gasteiger partial charge in [-0.05, 0) is 48.6 Å². The lowest BCUT2D eigenvalue weighted by Gasteiger charge is -2.10. The van der Waals surface area contributed by atoms with Gasteiger partial charge in [-0.25, -0.2) is 9.18 Å². The molecular weight excluding hydrogens is 335 g/mol. The minimum Gasteiger partial charge on any atom is -0.454 e. The molecule has 4 rings (SSSR count). The van der Waals surface area contributed by atoms with E-state index < -0.39 is 11.5 Å². The first kappa shape index (κ1) is 16.3. The van der Waals surface area contributed by atoms with Crippen LogP contribution in [0.15, 0.2) is 64.3 Å². The van der Waals surface area contributed by atoms with Crippen LogP contribution in [0.4, 0.5) is 4.39 Å². The Morgan fingerprint density at radius 2 is 1.88 bits per heavy atom. The molecule has 1 fully saturated rings. The molecule has 1 N–H and O–H groups in total. The summed E-state index contributed by atoms with van der Waals surface area (Å²) >= 11 is 0. The van der Waals surface area contributed by atoms with Crippen LogP contribution < -0.4 is 16.0 Å². The molecule has 26 heavy (non-hydrogen) atoms. The van der Waals surface area contributed by atoms with Gasteiger partial charge in [-0.15, -0.1) is 0 Å². The number of rotatable bonds is 5. The van der Waals surface area contributed by atoms with Gasteiger partial charge in [0.2, 0.25) is 0 Å². The number of halogens is 1. The van der Waals surface area contributed by atoms with E-state index in [4.69, 9.17) is 4.74 Å². The van der Waals surface area contributed by atoms with Gasteiger partial charge in [0.25, 0.3) is 5.56 Å². The van der Waals surface area contributed by atoms with E-state index in [0.29, 0.717) is 16.9 Å². The molecule has 0 saturated heterocycles. The van der Waals surface area contributed by atoms with Crippen LogP contribution in [0.1, 0.15) is 29.9 Å². The Balaban J connectivity index is 1.58. The fraction of sp³-hybridized carbons (Fsp3) is 0.200. The zero-order chi connectivity index (χ0) is 18.1. The second kappa shape index (κ2) is 6.63. The summed E-state index contributed by atoms with van der Waals surface area (Å²) in [5.41, 5.74) is 0.406. The maximum Gasteiger partial charge on any atom is 0.328 e. The third-order valence-corrected chi connectivity index (χ3v) is 4.38. The van der Waals surface area contributed by atoms with Gasteiger partial charge in [0.05, 0.1) is 6.54 Å². The molecule has 1 saturated carbocycles. The average molecular weight is 352 g/mol. The monoisotopic (exact) mass is 352 g/mol. The van der Waals surface area contributed by atoms with Crippen LogP contribution in [0.2, 0.25) is 0 Å². The van der Waals surface area contributed by atoms with E-state index in [1.54, 1.807) is 24.4 Å². The quantitative estimate of drug-likeness (QED) is 0.765. The van der Waals surface area contributed by atoms with Crippen LogP contribution in [0.3, 0.4) is 0 Å². The van der Waals surface area contributed by atoms with Crippen LogP contribution in [0.5, 0.6) is 11.5 Å². The number of para-hydroxylation sites is 1. The maximum absolute atomic E-state index is 14.4. The second-order valence-electron chi connectivity index (χ2n) is 6.43. The van der Waals surface area contributed by atoms with Crippen LogP contribution in [0.25, 0.3) is 0 Å². The first-order chi connectivity index (χ1) is 12.6. The van der Waals surface area contributed by atoms with Crippen molar-refractivity contribution in [2.24, 2.45) is 0 Å². The van der Waals surface area contributed by atoms with E-state index in [0.717, 1.165) is 12.8 Å². The fourth-order valence-corrected chi connectivity index (χ4v) is 2.87. The van der Waals surface area contributed by atoms with Crippen molar-refractivity contribution in [1.82, 2.24) is 9.55 Å². The topological polar surface area (TPSA) is 64.1 Å². The zero-order valence-electron chi connectivity index (χ0n) is 13.9. The summed E-state index contributed by atoms with van der Waals surface area (Å²) in [6.07, 6.45) is 3.51. The Kier molecular flexibility index (Phi) is 4.16. The average Bonchev–Trinajstić information content (AvgIpc) is 3.45. The number of hydrogen-bond donors (Lipinski definition) is 1. The van der Waals surface area contributed by atoms with E-state index in [1.807, 2.05) is 18.2 Å². The van der Waals surface area contributed by atoms with Crippen molar-refractivity contribution in [3.05, 3.63) is 92.5 Å². The van der Waals surface area contributed by atoms with Crippen molar-refractivity contribution in [3.63, 3.8) is 0 Å². The van der Waals surface area contributed by atoms with Gasteiger partial charge in [-0.1, -0.05) is 24.3 Å². The number of nitrogens with zero attached hydrogens (tertiary/aromatic N) is 1. The molecular formula is C20H17FN2O3. The highest BCUT2D eigenvalue weighted by Gasteiger charge is 2.27. The minimum absolute atomic E-state index is 0.118. The van der Waals surface area contributed by atoms with Crippen molar-refractivity contribution in [1.29, 1.82) is 0 Å². The highest BCUT2D eigenvalue weighted by Crippen LogP contribution is 2.37. The van der Waals surface area contributed by atoms with Crippen molar-refractivity contribution in [2.45, 2.75) is 25.3 Å². The molecule has 3 aromatic rings. The minimum atomic E-state index is -0.508. The number of aromatic amines is 1. The molecule has 0 bridgehead atoms. The molecule has 1 heterocycles. The fourth-order valence-electron chi connectivity index (χ4n) is 2.87. The Labute approximate surface area is 148 Å². The van der Waals surface area contributed by atoms with E-state index >= 15 is 0 Å². The largest absolute Gasteiger partial charge is 0.454 e. The van der Waals surface area contributed by atoms with Crippen LogP contribution in [-0.2, 0) is 6.54 Å². The molecule has 0 spiro atoms. The molecule has 0 radical (unpaired) electrons. The van der Waals surface area contributed by atoms with Gasteiger partial charge >= 0.3 is 5.69 Å². The predicted octanol–water partition coefficient (Wildman–Crippen LogP) is 3.39. The maximum atomic E-state index is 14.4. The molecule has 5 nitrogen and oxygen atoms in total. The lowest BCUT2D eigenvalue weighted by atomic mass is 10.2. The van der Waals surface area contributed by atoms with Gasteiger partial charge in [0, 0.05) is 11.8 Å². The van der Waals surface area contributed by atoms with E-state index in [2.05, 4.69) is 4.98 Å². The SMILES string of the molecule is O=c1[nH]c(=O)n(Cc2ccc(Oc3ccccc3)c(F)c2)cc1C1CC1. The summed E-state index contributed by atoms with van der Waals surface area (Å²) in [5.74, 6) is 0.382. The lowest BCUT2D eigenvalue weighted by Crippen LogP contribution is -2.31. The summed E-state index contributed by atoms with van der Waals surface area (Å²) in [4.78, 5) is 26.2. The normalized spacial score (nSPS) is 13.6. The molecule has 0 atom stereocenters. The van der Waals surface area contributed by atoms with E-state index in [-0.39, 0.29) is 23.8 Å². The van der Waals surface area contributed by atoms with Gasteiger partial charge < -0.3 is 4.74 Å². The smallest absolute Gasteiger partial charge is 0.328 e. The van der Waals surface area contributed by atoms with E-state index in [1.165, 1.54) is 16.7 Å². The molecule has 0 amide bonds. The van der Waals surface area contributed by atoms with Crippen molar-refractivity contribution < 1.29 is 9.13 Å². The van der Waals surface area contributed by atoms with Crippen LogP contribution in [0, 0.1) is 5.82 Å². The number of nitrogens with one attached hydrogen (secondary N) is 1. The Morgan fingerprint density at radius 1 is 1.12 bits per heavy atom. The molecule has 1 aromatic heterocycles.